The molecule has 4 heteroatoms. The van der Waals surface area contributed by atoms with Gasteiger partial charge >= 0.3 is 0 Å². The maximum Gasteiger partial charge on any atom is 0.0561 e. The summed E-state index contributed by atoms with van der Waals surface area (Å²) >= 11 is 8.56. The fraction of sp³-hybridized carbons (Fsp3) is 0.333. The number of halogens is 1. The van der Waals surface area contributed by atoms with E-state index in [4.69, 9.17) is 11.6 Å². The number of nitrogens with zero attached hydrogens (tertiary/aromatic N) is 2. The highest BCUT2D eigenvalue weighted by Crippen LogP contribution is 2.38. The highest BCUT2D eigenvalue weighted by atomic mass is 35.5. The number of rotatable bonds is 8. The Hall–Kier alpha value is -1.78. The lowest BCUT2D eigenvalue weighted by atomic mass is 10.0. The fourth-order valence-corrected chi connectivity index (χ4v) is 5.82. The van der Waals surface area contributed by atoms with Crippen LogP contribution in [0.4, 0.5) is 0 Å². The minimum absolute atomic E-state index is 0.275. The van der Waals surface area contributed by atoms with Crippen molar-refractivity contribution < 1.29 is 0 Å². The van der Waals surface area contributed by atoms with Crippen LogP contribution in [0.15, 0.2) is 78.9 Å². The van der Waals surface area contributed by atoms with Crippen LogP contribution in [0.1, 0.15) is 27.5 Å². The van der Waals surface area contributed by atoms with Gasteiger partial charge in [0.05, 0.1) is 5.25 Å². The summed E-state index contributed by atoms with van der Waals surface area (Å²) in [4.78, 5) is 5.19. The first-order chi connectivity index (χ1) is 15.2. The lowest BCUT2D eigenvalue weighted by molar-refractivity contribution is 0.132. The number of hydrogen-bond acceptors (Lipinski definition) is 3. The predicted molar refractivity (Wildman–Crippen MR) is 135 cm³/mol. The molecule has 162 valence electrons. The molecule has 3 aromatic rings. The number of thioether (sulfide) groups is 1. The van der Waals surface area contributed by atoms with E-state index >= 15 is 0 Å². The third-order valence-electron chi connectivity index (χ3n) is 6.10. The molecule has 0 aliphatic carbocycles. The second-order valence-electron chi connectivity index (χ2n) is 8.23. The molecule has 0 aromatic heterocycles. The van der Waals surface area contributed by atoms with E-state index in [2.05, 4.69) is 83.5 Å². The van der Waals surface area contributed by atoms with E-state index in [1.807, 2.05) is 23.9 Å². The van der Waals surface area contributed by atoms with Gasteiger partial charge in [0, 0.05) is 50.0 Å². The van der Waals surface area contributed by atoms with Crippen LogP contribution >= 0.6 is 23.4 Å². The van der Waals surface area contributed by atoms with Crippen LogP contribution in [0.3, 0.4) is 0 Å². The lowest BCUT2D eigenvalue weighted by Gasteiger charge is -2.35. The van der Waals surface area contributed by atoms with Crippen LogP contribution in [-0.2, 0) is 6.54 Å². The molecule has 1 aliphatic rings. The summed E-state index contributed by atoms with van der Waals surface area (Å²) in [5, 5.41) is 1.13. The van der Waals surface area contributed by atoms with Crippen molar-refractivity contribution in [2.45, 2.75) is 18.7 Å². The molecule has 31 heavy (non-hydrogen) atoms. The molecule has 0 radical (unpaired) electrons. The Morgan fingerprint density at radius 3 is 2.19 bits per heavy atom. The van der Waals surface area contributed by atoms with E-state index in [9.17, 15) is 0 Å². The second kappa shape index (κ2) is 11.2. The summed E-state index contributed by atoms with van der Waals surface area (Å²) in [5.74, 6) is 1.10. The van der Waals surface area contributed by atoms with Gasteiger partial charge in [0.2, 0.25) is 0 Å². The van der Waals surface area contributed by atoms with Gasteiger partial charge < -0.3 is 0 Å². The van der Waals surface area contributed by atoms with Crippen LogP contribution in [0.5, 0.6) is 0 Å². The molecular weight excluding hydrogens is 420 g/mol. The van der Waals surface area contributed by atoms with Crippen molar-refractivity contribution in [2.75, 3.05) is 38.5 Å². The van der Waals surface area contributed by atoms with Crippen LogP contribution in [-0.4, -0.2) is 48.3 Å². The highest BCUT2D eigenvalue weighted by molar-refractivity contribution is 7.99. The van der Waals surface area contributed by atoms with Gasteiger partial charge in [-0.05, 0) is 35.2 Å². The molecule has 0 bridgehead atoms. The zero-order valence-corrected chi connectivity index (χ0v) is 19.8. The molecule has 1 saturated heterocycles. The molecule has 0 N–H and O–H groups in total. The highest BCUT2D eigenvalue weighted by Gasteiger charge is 2.20. The van der Waals surface area contributed by atoms with Crippen molar-refractivity contribution in [3.05, 3.63) is 106 Å². The van der Waals surface area contributed by atoms with Crippen LogP contribution in [0.2, 0.25) is 5.02 Å². The van der Waals surface area contributed by atoms with Gasteiger partial charge in [-0.15, -0.1) is 11.8 Å². The van der Waals surface area contributed by atoms with Gasteiger partial charge in [0.1, 0.15) is 0 Å². The molecule has 0 unspecified atom stereocenters. The molecule has 2 nitrogen and oxygen atoms in total. The van der Waals surface area contributed by atoms with E-state index in [1.54, 1.807) is 0 Å². The van der Waals surface area contributed by atoms with Crippen LogP contribution in [0.25, 0.3) is 0 Å². The summed E-state index contributed by atoms with van der Waals surface area (Å²) in [6.07, 6.45) is 0. The molecule has 1 fully saturated rings. The van der Waals surface area contributed by atoms with Crippen molar-refractivity contribution in [2.24, 2.45) is 0 Å². The van der Waals surface area contributed by atoms with Crippen molar-refractivity contribution in [1.82, 2.24) is 9.80 Å². The molecule has 1 aliphatic heterocycles. The van der Waals surface area contributed by atoms with Crippen molar-refractivity contribution >= 4 is 23.4 Å². The van der Waals surface area contributed by atoms with Gasteiger partial charge in [-0.1, -0.05) is 84.4 Å². The Morgan fingerprint density at radius 1 is 0.806 bits per heavy atom. The summed E-state index contributed by atoms with van der Waals surface area (Å²) in [7, 11) is 0. The Balaban J connectivity index is 1.30. The first-order valence-corrected chi connectivity index (χ1v) is 12.5. The fourth-order valence-electron chi connectivity index (χ4n) is 4.18. The van der Waals surface area contributed by atoms with E-state index in [-0.39, 0.29) is 5.25 Å². The van der Waals surface area contributed by atoms with E-state index in [1.165, 1.54) is 22.3 Å². The zero-order chi connectivity index (χ0) is 21.5. The Kier molecular flexibility index (Phi) is 8.09. The third-order valence-corrected chi connectivity index (χ3v) is 7.72. The minimum atomic E-state index is 0.275. The van der Waals surface area contributed by atoms with Crippen molar-refractivity contribution in [3.63, 3.8) is 0 Å². The summed E-state index contributed by atoms with van der Waals surface area (Å²) in [6, 6.07) is 27.8. The normalized spacial score (nSPS) is 16.3. The third kappa shape index (κ3) is 6.14. The minimum Gasteiger partial charge on any atom is -0.300 e. The zero-order valence-electron chi connectivity index (χ0n) is 18.2. The topological polar surface area (TPSA) is 6.48 Å². The van der Waals surface area contributed by atoms with E-state index in [0.29, 0.717) is 0 Å². The SMILES string of the molecule is Cc1ccccc1CN1CCN(CCS[C@@H](c2ccccc2)c2ccccc2Cl)CC1. The van der Waals surface area contributed by atoms with E-state index < -0.39 is 0 Å². The Bertz CT molecular complexity index is 954. The number of benzene rings is 3. The molecule has 0 spiro atoms. The van der Waals surface area contributed by atoms with E-state index in [0.717, 1.165) is 50.0 Å². The molecular formula is C27H31ClN2S. The molecule has 1 heterocycles. The molecule has 0 saturated carbocycles. The number of piperazine rings is 1. The predicted octanol–water partition coefficient (Wildman–Crippen LogP) is 6.29. The second-order valence-corrected chi connectivity index (χ2v) is 9.85. The smallest absolute Gasteiger partial charge is 0.0561 e. The summed E-state index contributed by atoms with van der Waals surface area (Å²) in [6.45, 7) is 8.99. The maximum atomic E-state index is 6.56. The summed E-state index contributed by atoms with van der Waals surface area (Å²) in [5.41, 5.74) is 5.39. The molecule has 1 atom stereocenters. The molecule has 0 amide bonds. The average molecular weight is 451 g/mol. The average Bonchev–Trinajstić information content (AvgIpc) is 2.81. The first-order valence-electron chi connectivity index (χ1n) is 11.1. The Morgan fingerprint density at radius 2 is 1.45 bits per heavy atom. The molecule has 3 aromatic carbocycles. The standard InChI is InChI=1S/C27H31ClN2S/c1-22-9-5-6-12-24(22)21-30-17-15-29(16-18-30)19-20-31-27(23-10-3-2-4-11-23)25-13-7-8-14-26(25)28/h2-14,27H,15-21H2,1H3/t27-/m0/s1. The quantitative estimate of drug-likeness (QED) is 0.398. The monoisotopic (exact) mass is 450 g/mol. The summed E-state index contributed by atoms with van der Waals surface area (Å²) < 4.78 is 0. The van der Waals surface area contributed by atoms with Crippen LogP contribution < -0.4 is 0 Å². The van der Waals surface area contributed by atoms with Gasteiger partial charge in [0.25, 0.3) is 0 Å². The first kappa shape index (κ1) is 22.4. The maximum absolute atomic E-state index is 6.56. The lowest BCUT2D eigenvalue weighted by Crippen LogP contribution is -2.46. The Labute approximate surface area is 196 Å². The molecule has 4 rings (SSSR count). The van der Waals surface area contributed by atoms with Crippen molar-refractivity contribution in [1.29, 1.82) is 0 Å². The van der Waals surface area contributed by atoms with Gasteiger partial charge in [-0.2, -0.15) is 0 Å². The van der Waals surface area contributed by atoms with Gasteiger partial charge in [-0.3, -0.25) is 9.80 Å². The van der Waals surface area contributed by atoms with Gasteiger partial charge in [-0.25, -0.2) is 0 Å². The van der Waals surface area contributed by atoms with Crippen LogP contribution in [0, 0.1) is 6.92 Å². The van der Waals surface area contributed by atoms with Crippen molar-refractivity contribution in [3.8, 4) is 0 Å². The number of hydrogen-bond donors (Lipinski definition) is 0. The van der Waals surface area contributed by atoms with Gasteiger partial charge in [0.15, 0.2) is 0 Å². The largest absolute Gasteiger partial charge is 0.300 e. The number of aryl methyl sites for hydroxylation is 1.